The van der Waals surface area contributed by atoms with Gasteiger partial charge in [0, 0.05) is 0 Å². The van der Waals surface area contributed by atoms with E-state index in [1.165, 1.54) is 12.1 Å². The van der Waals surface area contributed by atoms with Crippen LogP contribution in [0.2, 0.25) is 5.02 Å². The molecule has 0 aliphatic carbocycles. The minimum absolute atomic E-state index is 0.123. The number of carbonyl (C=O) groups excluding carboxylic acids is 1. The molecule has 0 fully saturated rings. The van der Waals surface area contributed by atoms with E-state index < -0.39 is 11.9 Å². The second-order valence-electron chi connectivity index (χ2n) is 4.91. The summed E-state index contributed by atoms with van der Waals surface area (Å²) in [5.74, 6) is -0.766. The van der Waals surface area contributed by atoms with Gasteiger partial charge >= 0.3 is 5.97 Å². The Balaban J connectivity index is 1.86. The van der Waals surface area contributed by atoms with Crippen molar-refractivity contribution in [2.75, 3.05) is 6.79 Å². The molecule has 2 aromatic rings. The highest BCUT2D eigenvalue weighted by Gasteiger charge is 2.17. The number of aliphatic carboxylic acids is 1. The number of hydrogen-bond acceptors (Lipinski definition) is 4. The van der Waals surface area contributed by atoms with Crippen molar-refractivity contribution in [2.24, 2.45) is 0 Å². The quantitative estimate of drug-likeness (QED) is 0.832. The lowest BCUT2D eigenvalue weighted by atomic mass is 10.1. The predicted molar refractivity (Wildman–Crippen MR) is 87.1 cm³/mol. The standard InChI is InChI=1S/C17H12ClNO5/c18-12-4-2-1-3-11(12)16(20)19-13(17(21)22)7-10-5-6-14-15(8-10)24-9-23-14/h1-8H,9H2,(H,19,20)(H,21,22)/b13-7-. The molecule has 2 N–H and O–H groups in total. The average molecular weight is 346 g/mol. The zero-order chi connectivity index (χ0) is 17.1. The molecule has 1 aliphatic rings. The highest BCUT2D eigenvalue weighted by Crippen LogP contribution is 2.33. The Hall–Kier alpha value is -2.99. The smallest absolute Gasteiger partial charge is 0.352 e. The summed E-state index contributed by atoms with van der Waals surface area (Å²) in [5, 5.41) is 11.9. The summed E-state index contributed by atoms with van der Waals surface area (Å²) < 4.78 is 10.4. The number of ether oxygens (including phenoxy) is 2. The van der Waals surface area contributed by atoms with Crippen LogP contribution in [0.5, 0.6) is 11.5 Å². The lowest BCUT2D eigenvalue weighted by Gasteiger charge is -2.08. The van der Waals surface area contributed by atoms with Gasteiger partial charge in [0.15, 0.2) is 11.5 Å². The Kier molecular flexibility index (Phi) is 4.39. The van der Waals surface area contributed by atoms with E-state index in [-0.39, 0.29) is 23.1 Å². The Morgan fingerprint density at radius 3 is 2.62 bits per heavy atom. The van der Waals surface area contributed by atoms with Crippen molar-refractivity contribution >= 4 is 29.6 Å². The summed E-state index contributed by atoms with van der Waals surface area (Å²) in [5.41, 5.74) is 0.465. The molecule has 0 saturated carbocycles. The van der Waals surface area contributed by atoms with Crippen molar-refractivity contribution in [3.8, 4) is 11.5 Å². The molecule has 6 nitrogen and oxygen atoms in total. The van der Waals surface area contributed by atoms with Crippen molar-refractivity contribution in [3.63, 3.8) is 0 Å². The van der Waals surface area contributed by atoms with E-state index in [9.17, 15) is 14.7 Å². The number of nitrogens with one attached hydrogen (secondary N) is 1. The van der Waals surface area contributed by atoms with Crippen LogP contribution >= 0.6 is 11.6 Å². The van der Waals surface area contributed by atoms with E-state index in [1.54, 1.807) is 36.4 Å². The molecule has 1 aliphatic heterocycles. The SMILES string of the molecule is O=C(O)/C(=C/c1ccc2c(c1)OCO2)NC(=O)c1ccccc1Cl. The fraction of sp³-hybridized carbons (Fsp3) is 0.0588. The second kappa shape index (κ2) is 6.64. The highest BCUT2D eigenvalue weighted by molar-refractivity contribution is 6.34. The van der Waals surface area contributed by atoms with Gasteiger partial charge in [0.1, 0.15) is 5.70 Å². The molecule has 7 heteroatoms. The molecule has 3 rings (SSSR count). The van der Waals surface area contributed by atoms with Gasteiger partial charge in [-0.1, -0.05) is 29.8 Å². The van der Waals surface area contributed by atoms with Crippen LogP contribution in [0.3, 0.4) is 0 Å². The van der Waals surface area contributed by atoms with Crippen molar-refractivity contribution in [1.29, 1.82) is 0 Å². The number of hydrogen-bond donors (Lipinski definition) is 2. The number of carbonyl (C=O) groups is 2. The van der Waals surface area contributed by atoms with Crippen molar-refractivity contribution < 1.29 is 24.2 Å². The summed E-state index contributed by atoms with van der Waals surface area (Å²) in [4.78, 5) is 23.6. The maximum absolute atomic E-state index is 12.2. The fourth-order valence-corrected chi connectivity index (χ4v) is 2.38. The number of carboxylic acid groups (broad SMARTS) is 1. The highest BCUT2D eigenvalue weighted by atomic mass is 35.5. The number of halogens is 1. The summed E-state index contributed by atoms with van der Waals surface area (Å²) >= 11 is 5.95. The lowest BCUT2D eigenvalue weighted by molar-refractivity contribution is -0.132. The fourth-order valence-electron chi connectivity index (χ4n) is 2.16. The molecule has 1 heterocycles. The molecular weight excluding hydrogens is 334 g/mol. The van der Waals surface area contributed by atoms with Gasteiger partial charge in [0.2, 0.25) is 6.79 Å². The molecule has 0 saturated heterocycles. The van der Waals surface area contributed by atoms with Gasteiger partial charge in [-0.05, 0) is 35.9 Å². The average Bonchev–Trinajstić information content (AvgIpc) is 3.02. The normalized spacial score (nSPS) is 12.8. The van der Waals surface area contributed by atoms with Crippen LogP contribution in [0, 0.1) is 0 Å². The van der Waals surface area contributed by atoms with Crippen LogP contribution in [-0.2, 0) is 4.79 Å². The molecule has 1 amide bonds. The first-order valence-electron chi connectivity index (χ1n) is 6.95. The van der Waals surface area contributed by atoms with E-state index in [0.29, 0.717) is 17.1 Å². The molecule has 2 aromatic carbocycles. The number of carboxylic acids is 1. The first kappa shape index (κ1) is 15.9. The molecule has 0 spiro atoms. The van der Waals surface area contributed by atoms with Gasteiger partial charge in [0.25, 0.3) is 5.91 Å². The monoisotopic (exact) mass is 345 g/mol. The predicted octanol–water partition coefficient (Wildman–Crippen LogP) is 2.92. The number of fused-ring (bicyclic) bond motifs is 1. The number of benzene rings is 2. The van der Waals surface area contributed by atoms with Crippen molar-refractivity contribution in [1.82, 2.24) is 5.32 Å². The molecule has 0 unspecified atom stereocenters. The topological polar surface area (TPSA) is 84.9 Å². The Bertz CT molecular complexity index is 847. The first-order chi connectivity index (χ1) is 11.5. The van der Waals surface area contributed by atoms with Gasteiger partial charge in [-0.3, -0.25) is 4.79 Å². The van der Waals surface area contributed by atoms with Crippen LogP contribution in [-0.4, -0.2) is 23.8 Å². The maximum Gasteiger partial charge on any atom is 0.352 e. The molecule has 0 radical (unpaired) electrons. The van der Waals surface area contributed by atoms with Crippen molar-refractivity contribution in [2.45, 2.75) is 0 Å². The number of rotatable bonds is 4. The maximum atomic E-state index is 12.2. The van der Waals surface area contributed by atoms with E-state index in [0.717, 1.165) is 0 Å². The lowest BCUT2D eigenvalue weighted by Crippen LogP contribution is -2.27. The Labute approximate surface area is 142 Å². The minimum atomic E-state index is -1.27. The largest absolute Gasteiger partial charge is 0.477 e. The van der Waals surface area contributed by atoms with Gasteiger partial charge < -0.3 is 19.9 Å². The first-order valence-corrected chi connectivity index (χ1v) is 7.33. The number of amides is 1. The van der Waals surface area contributed by atoms with Crippen LogP contribution in [0.15, 0.2) is 48.2 Å². The molecular formula is C17H12ClNO5. The zero-order valence-corrected chi connectivity index (χ0v) is 13.0. The molecule has 0 bridgehead atoms. The van der Waals surface area contributed by atoms with Crippen molar-refractivity contribution in [3.05, 3.63) is 64.3 Å². The summed E-state index contributed by atoms with van der Waals surface area (Å²) in [7, 11) is 0. The second-order valence-corrected chi connectivity index (χ2v) is 5.32. The van der Waals surface area contributed by atoms with E-state index in [2.05, 4.69) is 5.32 Å². The third kappa shape index (κ3) is 3.33. The van der Waals surface area contributed by atoms with Crippen LogP contribution in [0.25, 0.3) is 6.08 Å². The summed E-state index contributed by atoms with van der Waals surface area (Å²) in [6.45, 7) is 0.123. The molecule has 0 atom stereocenters. The van der Waals surface area contributed by atoms with Crippen LogP contribution in [0.4, 0.5) is 0 Å². The summed E-state index contributed by atoms with van der Waals surface area (Å²) in [6, 6.07) is 11.4. The third-order valence-corrected chi connectivity index (χ3v) is 3.63. The van der Waals surface area contributed by atoms with Crippen LogP contribution < -0.4 is 14.8 Å². The summed E-state index contributed by atoms with van der Waals surface area (Å²) in [6.07, 6.45) is 1.33. The van der Waals surface area contributed by atoms with E-state index in [1.807, 2.05) is 0 Å². The molecule has 0 aromatic heterocycles. The Morgan fingerprint density at radius 1 is 1.12 bits per heavy atom. The van der Waals surface area contributed by atoms with Gasteiger partial charge in [-0.2, -0.15) is 0 Å². The van der Waals surface area contributed by atoms with Crippen LogP contribution in [0.1, 0.15) is 15.9 Å². The minimum Gasteiger partial charge on any atom is -0.477 e. The van der Waals surface area contributed by atoms with Gasteiger partial charge in [-0.25, -0.2) is 4.79 Å². The molecule has 122 valence electrons. The van der Waals surface area contributed by atoms with E-state index in [4.69, 9.17) is 21.1 Å². The zero-order valence-electron chi connectivity index (χ0n) is 12.3. The Morgan fingerprint density at radius 2 is 1.88 bits per heavy atom. The van der Waals surface area contributed by atoms with E-state index >= 15 is 0 Å². The van der Waals surface area contributed by atoms with Gasteiger partial charge in [-0.15, -0.1) is 0 Å². The van der Waals surface area contributed by atoms with Gasteiger partial charge in [0.05, 0.1) is 10.6 Å². The third-order valence-electron chi connectivity index (χ3n) is 3.30. The molecule has 24 heavy (non-hydrogen) atoms.